The van der Waals surface area contributed by atoms with Gasteiger partial charge in [0.15, 0.2) is 4.90 Å². The van der Waals surface area contributed by atoms with E-state index < -0.39 is 32.8 Å². The van der Waals surface area contributed by atoms with E-state index in [2.05, 4.69) is 5.32 Å². The summed E-state index contributed by atoms with van der Waals surface area (Å²) in [6.07, 6.45) is -0.840. The van der Waals surface area contributed by atoms with Crippen molar-refractivity contribution in [2.75, 3.05) is 20.1 Å². The molecule has 1 saturated heterocycles. The van der Waals surface area contributed by atoms with E-state index in [9.17, 15) is 23.6 Å². The maximum Gasteiger partial charge on any atom is 0.289 e. The van der Waals surface area contributed by atoms with Crippen LogP contribution in [0.3, 0.4) is 0 Å². The van der Waals surface area contributed by atoms with Gasteiger partial charge >= 0.3 is 0 Å². The number of hydrogen-bond donors (Lipinski definition) is 2. The molecule has 2 atom stereocenters. The molecule has 1 fully saturated rings. The predicted molar refractivity (Wildman–Crippen MR) is 75.4 cm³/mol. The lowest BCUT2D eigenvalue weighted by Gasteiger charge is -2.26. The predicted octanol–water partition coefficient (Wildman–Crippen LogP) is -0.144. The molecule has 8 nitrogen and oxygen atoms in total. The van der Waals surface area contributed by atoms with Crippen LogP contribution in [0.5, 0.6) is 0 Å². The first-order chi connectivity index (χ1) is 9.76. The van der Waals surface area contributed by atoms with Crippen molar-refractivity contribution in [2.24, 2.45) is 0 Å². The van der Waals surface area contributed by atoms with E-state index in [0.717, 1.165) is 10.4 Å². The fraction of sp³-hybridized carbons (Fsp3) is 0.500. The molecule has 0 bridgehead atoms. The lowest BCUT2D eigenvalue weighted by Crippen LogP contribution is -2.44. The van der Waals surface area contributed by atoms with E-state index in [1.54, 1.807) is 0 Å². The molecule has 0 aromatic heterocycles. The average molecular weight is 315 g/mol. The molecule has 1 aliphatic rings. The minimum atomic E-state index is -4.07. The van der Waals surface area contributed by atoms with Crippen LogP contribution in [-0.2, 0) is 10.0 Å². The third-order valence-electron chi connectivity index (χ3n) is 3.64. The van der Waals surface area contributed by atoms with Crippen molar-refractivity contribution in [3.05, 3.63) is 33.9 Å². The lowest BCUT2D eigenvalue weighted by atomic mass is 10.2. The number of nitro groups is 1. The lowest BCUT2D eigenvalue weighted by molar-refractivity contribution is -0.387. The Morgan fingerprint density at radius 1 is 1.43 bits per heavy atom. The zero-order valence-electron chi connectivity index (χ0n) is 11.7. The topological polar surface area (TPSA) is 113 Å². The molecule has 1 aliphatic heterocycles. The number of nitro benzene ring substituents is 1. The summed E-state index contributed by atoms with van der Waals surface area (Å²) in [6.45, 7) is 2.11. The Morgan fingerprint density at radius 2 is 2.10 bits per heavy atom. The van der Waals surface area contributed by atoms with Crippen molar-refractivity contribution in [1.29, 1.82) is 0 Å². The second-order valence-corrected chi connectivity index (χ2v) is 6.93. The van der Waals surface area contributed by atoms with Gasteiger partial charge in [-0.2, -0.15) is 4.31 Å². The third-order valence-corrected chi connectivity index (χ3v) is 5.72. The highest BCUT2D eigenvalue weighted by atomic mass is 32.2. The van der Waals surface area contributed by atoms with Crippen LogP contribution in [0.25, 0.3) is 0 Å². The van der Waals surface area contributed by atoms with Gasteiger partial charge in [-0.05, 0) is 12.5 Å². The van der Waals surface area contributed by atoms with Gasteiger partial charge in [0.05, 0.1) is 17.1 Å². The molecule has 0 unspecified atom stereocenters. The highest BCUT2D eigenvalue weighted by Gasteiger charge is 2.39. The molecule has 9 heteroatoms. The van der Waals surface area contributed by atoms with E-state index in [1.807, 2.05) is 0 Å². The number of likely N-dealkylation sites (N-methyl/N-ethyl adjacent to an activating group) is 1. The standard InChI is InChI=1S/C12H17N3O5S/c1-8-4-3-5-9(15(17)18)12(8)21(19,20)14(2)10-6-13-7-11(10)16/h3-5,10-11,13,16H,6-7H2,1-2H3/t10-,11-/m0/s1. The summed E-state index contributed by atoms with van der Waals surface area (Å²) in [5.41, 5.74) is -0.154. The molecule has 0 radical (unpaired) electrons. The van der Waals surface area contributed by atoms with Crippen molar-refractivity contribution in [2.45, 2.75) is 24.0 Å². The van der Waals surface area contributed by atoms with E-state index in [-0.39, 0.29) is 4.90 Å². The van der Waals surface area contributed by atoms with Crippen molar-refractivity contribution in [3.8, 4) is 0 Å². The Morgan fingerprint density at radius 3 is 2.62 bits per heavy atom. The zero-order valence-corrected chi connectivity index (χ0v) is 12.5. The normalized spacial score (nSPS) is 22.7. The Balaban J connectivity index is 2.52. The van der Waals surface area contributed by atoms with Gasteiger partial charge in [-0.25, -0.2) is 8.42 Å². The molecular weight excluding hydrogens is 298 g/mol. The number of nitrogens with zero attached hydrogens (tertiary/aromatic N) is 2. The Bertz CT molecular complexity index is 661. The summed E-state index contributed by atoms with van der Waals surface area (Å²) >= 11 is 0. The molecule has 0 saturated carbocycles. The fourth-order valence-corrected chi connectivity index (χ4v) is 4.20. The van der Waals surface area contributed by atoms with Crippen LogP contribution in [0, 0.1) is 17.0 Å². The van der Waals surface area contributed by atoms with Gasteiger partial charge in [0, 0.05) is 26.2 Å². The summed E-state index contributed by atoms with van der Waals surface area (Å²) in [4.78, 5) is 10.1. The van der Waals surface area contributed by atoms with Gasteiger partial charge in [-0.3, -0.25) is 10.1 Å². The molecule has 0 amide bonds. The smallest absolute Gasteiger partial charge is 0.289 e. The molecule has 0 aliphatic carbocycles. The van der Waals surface area contributed by atoms with E-state index in [1.165, 1.54) is 26.1 Å². The first kappa shape index (κ1) is 15.8. The maximum absolute atomic E-state index is 12.7. The summed E-state index contributed by atoms with van der Waals surface area (Å²) in [5, 5.41) is 23.8. The monoisotopic (exact) mass is 315 g/mol. The van der Waals surface area contributed by atoms with Crippen LogP contribution >= 0.6 is 0 Å². The summed E-state index contributed by atoms with van der Waals surface area (Å²) in [6, 6.07) is 3.47. The second-order valence-electron chi connectivity index (χ2n) is 4.99. The minimum absolute atomic E-state index is 0.292. The average Bonchev–Trinajstić information content (AvgIpc) is 2.83. The molecule has 116 valence electrons. The zero-order chi connectivity index (χ0) is 15.8. The SMILES string of the molecule is Cc1cccc([N+](=O)[O-])c1S(=O)(=O)N(C)[C@H]1CNC[C@@H]1O. The summed E-state index contributed by atoms with van der Waals surface area (Å²) in [7, 11) is -2.74. The Hall–Kier alpha value is -1.55. The van der Waals surface area contributed by atoms with Gasteiger partial charge in [-0.1, -0.05) is 12.1 Å². The second kappa shape index (κ2) is 5.68. The number of nitrogens with one attached hydrogen (secondary N) is 1. The molecule has 2 rings (SSSR count). The Labute approximate surface area is 122 Å². The van der Waals surface area contributed by atoms with Crippen LogP contribution in [0.4, 0.5) is 5.69 Å². The summed E-state index contributed by atoms with van der Waals surface area (Å²) in [5.74, 6) is 0. The number of sulfonamides is 1. The largest absolute Gasteiger partial charge is 0.390 e. The van der Waals surface area contributed by atoms with Crippen molar-refractivity contribution >= 4 is 15.7 Å². The maximum atomic E-state index is 12.7. The van der Waals surface area contributed by atoms with Crippen LogP contribution in [0.15, 0.2) is 23.1 Å². The first-order valence-electron chi connectivity index (χ1n) is 6.37. The van der Waals surface area contributed by atoms with Gasteiger partial charge in [0.25, 0.3) is 5.69 Å². The van der Waals surface area contributed by atoms with Crippen LogP contribution in [-0.4, -0.2) is 55.0 Å². The molecular formula is C12H17N3O5S. The number of aliphatic hydroxyl groups excluding tert-OH is 1. The molecule has 2 N–H and O–H groups in total. The van der Waals surface area contributed by atoms with Crippen LogP contribution in [0.1, 0.15) is 5.56 Å². The van der Waals surface area contributed by atoms with Crippen molar-refractivity contribution in [1.82, 2.24) is 9.62 Å². The molecule has 1 heterocycles. The molecule has 21 heavy (non-hydrogen) atoms. The molecule has 1 aromatic rings. The van der Waals surface area contributed by atoms with Gasteiger partial charge in [-0.15, -0.1) is 0 Å². The number of benzene rings is 1. The van der Waals surface area contributed by atoms with Crippen molar-refractivity contribution in [3.63, 3.8) is 0 Å². The highest BCUT2D eigenvalue weighted by Crippen LogP contribution is 2.30. The van der Waals surface area contributed by atoms with Gasteiger partial charge < -0.3 is 10.4 Å². The number of aryl methyl sites for hydroxylation is 1. The molecule has 1 aromatic carbocycles. The molecule has 0 spiro atoms. The minimum Gasteiger partial charge on any atom is -0.390 e. The van der Waals surface area contributed by atoms with Crippen LogP contribution in [0.2, 0.25) is 0 Å². The quantitative estimate of drug-likeness (QED) is 0.590. The number of rotatable bonds is 4. The fourth-order valence-electron chi connectivity index (χ4n) is 2.46. The number of hydrogen-bond acceptors (Lipinski definition) is 6. The summed E-state index contributed by atoms with van der Waals surface area (Å²) < 4.78 is 26.4. The van der Waals surface area contributed by atoms with Crippen molar-refractivity contribution < 1.29 is 18.4 Å². The van der Waals surface area contributed by atoms with E-state index >= 15 is 0 Å². The highest BCUT2D eigenvalue weighted by molar-refractivity contribution is 7.89. The first-order valence-corrected chi connectivity index (χ1v) is 7.81. The Kier molecular flexibility index (Phi) is 4.28. The third kappa shape index (κ3) is 2.77. The van der Waals surface area contributed by atoms with E-state index in [4.69, 9.17) is 0 Å². The van der Waals surface area contributed by atoms with Gasteiger partial charge in [0.2, 0.25) is 10.0 Å². The van der Waals surface area contributed by atoms with E-state index in [0.29, 0.717) is 18.7 Å². The number of aliphatic hydroxyl groups is 1. The van der Waals surface area contributed by atoms with Gasteiger partial charge in [0.1, 0.15) is 0 Å². The van der Waals surface area contributed by atoms with Crippen LogP contribution < -0.4 is 5.32 Å². The number of β-amino-alcohol motifs (C(OH)–C–C–N with tert-alkyl or cyclic N) is 1.